The van der Waals surface area contributed by atoms with Gasteiger partial charge in [-0.3, -0.25) is 0 Å². The Kier molecular flexibility index (Phi) is 4.00. The third kappa shape index (κ3) is 3.19. The second kappa shape index (κ2) is 5.50. The normalized spacial score (nSPS) is 29.0. The highest BCUT2D eigenvalue weighted by Gasteiger charge is 2.28. The molecule has 0 amide bonds. The molecule has 0 aromatic heterocycles. The van der Waals surface area contributed by atoms with Crippen molar-refractivity contribution in [1.29, 1.82) is 0 Å². The van der Waals surface area contributed by atoms with E-state index in [0.29, 0.717) is 11.7 Å². The van der Waals surface area contributed by atoms with Crippen molar-refractivity contribution in [3.05, 3.63) is 30.1 Å². The molecule has 2 N–H and O–H groups in total. The molecule has 0 aliphatic heterocycles. The van der Waals surface area contributed by atoms with Crippen molar-refractivity contribution in [2.75, 3.05) is 0 Å². The van der Waals surface area contributed by atoms with E-state index >= 15 is 0 Å². The average Bonchev–Trinajstić information content (AvgIpc) is 2.32. The highest BCUT2D eigenvalue weighted by Crippen LogP contribution is 2.29. The summed E-state index contributed by atoms with van der Waals surface area (Å²) in [7, 11) is 0. The molecule has 1 aromatic rings. The van der Waals surface area contributed by atoms with Gasteiger partial charge in [-0.15, -0.1) is 0 Å². The van der Waals surface area contributed by atoms with Gasteiger partial charge in [-0.05, 0) is 37.3 Å². The summed E-state index contributed by atoms with van der Waals surface area (Å²) in [5, 5.41) is 0. The molecule has 0 spiro atoms. The molecule has 1 aromatic carbocycles. The van der Waals surface area contributed by atoms with Gasteiger partial charge in [0.1, 0.15) is 17.7 Å². The van der Waals surface area contributed by atoms with Crippen LogP contribution < -0.4 is 10.5 Å². The molecule has 0 saturated heterocycles. The van der Waals surface area contributed by atoms with Gasteiger partial charge in [0.2, 0.25) is 0 Å². The third-order valence-electron chi connectivity index (χ3n) is 3.61. The lowest BCUT2D eigenvalue weighted by molar-refractivity contribution is 0.101. The number of hydrogen-bond donors (Lipinski definition) is 1. The first-order valence-corrected chi connectivity index (χ1v) is 6.37. The van der Waals surface area contributed by atoms with Gasteiger partial charge in [0.15, 0.2) is 0 Å². The fourth-order valence-electron chi connectivity index (χ4n) is 2.46. The summed E-state index contributed by atoms with van der Waals surface area (Å²) in [6.45, 7) is 2.20. The second-order valence-electron chi connectivity index (χ2n) is 4.86. The number of halogens is 1. The Morgan fingerprint density at radius 2 is 2.24 bits per heavy atom. The van der Waals surface area contributed by atoms with Gasteiger partial charge in [0.25, 0.3) is 0 Å². The molecule has 2 nitrogen and oxygen atoms in total. The monoisotopic (exact) mass is 237 g/mol. The summed E-state index contributed by atoms with van der Waals surface area (Å²) in [4.78, 5) is 0. The maximum absolute atomic E-state index is 13.1. The van der Waals surface area contributed by atoms with E-state index in [-0.39, 0.29) is 18.0 Å². The average molecular weight is 237 g/mol. The molecule has 0 bridgehead atoms. The minimum Gasteiger partial charge on any atom is -0.489 e. The van der Waals surface area contributed by atoms with Crippen LogP contribution in [0.25, 0.3) is 0 Å². The minimum atomic E-state index is -0.265. The molecular formula is C14H20FNO. The topological polar surface area (TPSA) is 35.2 Å². The van der Waals surface area contributed by atoms with Crippen molar-refractivity contribution in [3.63, 3.8) is 0 Å². The molecule has 1 saturated carbocycles. The number of rotatable bonds is 3. The Morgan fingerprint density at radius 3 is 2.94 bits per heavy atom. The smallest absolute Gasteiger partial charge is 0.126 e. The number of nitrogens with two attached hydrogens (primary N) is 1. The molecular weight excluding hydrogens is 217 g/mol. The summed E-state index contributed by atoms with van der Waals surface area (Å²) < 4.78 is 18.9. The fourth-order valence-corrected chi connectivity index (χ4v) is 2.46. The first-order chi connectivity index (χ1) is 8.19. The Labute approximate surface area is 102 Å². The van der Waals surface area contributed by atoms with Crippen LogP contribution in [-0.2, 0) is 0 Å². The Morgan fingerprint density at radius 1 is 1.41 bits per heavy atom. The van der Waals surface area contributed by atoms with Crippen LogP contribution in [0.1, 0.15) is 32.6 Å². The van der Waals surface area contributed by atoms with Gasteiger partial charge in [0, 0.05) is 12.1 Å². The number of benzene rings is 1. The lowest BCUT2D eigenvalue weighted by Gasteiger charge is -2.33. The van der Waals surface area contributed by atoms with Crippen molar-refractivity contribution >= 4 is 0 Å². The molecule has 2 rings (SSSR count). The minimum absolute atomic E-state index is 0.0236. The van der Waals surface area contributed by atoms with Crippen molar-refractivity contribution in [1.82, 2.24) is 0 Å². The van der Waals surface area contributed by atoms with E-state index < -0.39 is 0 Å². The maximum atomic E-state index is 13.1. The quantitative estimate of drug-likeness (QED) is 0.876. The van der Waals surface area contributed by atoms with Crippen molar-refractivity contribution in [2.45, 2.75) is 44.8 Å². The summed E-state index contributed by atoms with van der Waals surface area (Å²) in [6, 6.07) is 6.35. The number of hydrogen-bond acceptors (Lipinski definition) is 2. The largest absolute Gasteiger partial charge is 0.489 e. The molecule has 3 heteroatoms. The van der Waals surface area contributed by atoms with Crippen LogP contribution in [0.15, 0.2) is 24.3 Å². The molecule has 1 aliphatic carbocycles. The van der Waals surface area contributed by atoms with Gasteiger partial charge >= 0.3 is 0 Å². The molecule has 17 heavy (non-hydrogen) atoms. The van der Waals surface area contributed by atoms with Crippen LogP contribution in [0.2, 0.25) is 0 Å². The van der Waals surface area contributed by atoms with E-state index in [1.165, 1.54) is 18.6 Å². The standard InChI is InChI=1S/C14H20FNO/c1-2-10-6-7-13(16)14(8-10)17-12-5-3-4-11(15)9-12/h3-5,9-10,13-14H,2,6-8,16H2,1H3. The van der Waals surface area contributed by atoms with Crippen molar-refractivity contribution in [2.24, 2.45) is 11.7 Å². The van der Waals surface area contributed by atoms with Crippen LogP contribution in [-0.4, -0.2) is 12.1 Å². The third-order valence-corrected chi connectivity index (χ3v) is 3.61. The first-order valence-electron chi connectivity index (χ1n) is 6.37. The zero-order valence-electron chi connectivity index (χ0n) is 10.2. The van der Waals surface area contributed by atoms with Gasteiger partial charge in [-0.1, -0.05) is 19.4 Å². The zero-order chi connectivity index (χ0) is 12.3. The predicted octanol–water partition coefficient (Wildman–Crippen LogP) is 3.11. The molecule has 1 aliphatic rings. The highest BCUT2D eigenvalue weighted by atomic mass is 19.1. The van der Waals surface area contributed by atoms with Crippen molar-refractivity contribution in [3.8, 4) is 5.75 Å². The first kappa shape index (κ1) is 12.4. The van der Waals surface area contributed by atoms with E-state index in [0.717, 1.165) is 19.3 Å². The lowest BCUT2D eigenvalue weighted by Crippen LogP contribution is -2.43. The van der Waals surface area contributed by atoms with E-state index in [1.54, 1.807) is 12.1 Å². The predicted molar refractivity (Wildman–Crippen MR) is 66.4 cm³/mol. The highest BCUT2D eigenvalue weighted by molar-refractivity contribution is 5.23. The van der Waals surface area contributed by atoms with E-state index in [9.17, 15) is 4.39 Å². The van der Waals surface area contributed by atoms with Crippen LogP contribution in [0.5, 0.6) is 5.75 Å². The Hall–Kier alpha value is -1.09. The summed E-state index contributed by atoms with van der Waals surface area (Å²) >= 11 is 0. The molecule has 0 heterocycles. The van der Waals surface area contributed by atoms with Gasteiger partial charge in [-0.25, -0.2) is 4.39 Å². The zero-order valence-corrected chi connectivity index (χ0v) is 10.2. The molecule has 0 radical (unpaired) electrons. The SMILES string of the molecule is CCC1CCC(N)C(Oc2cccc(F)c2)C1. The van der Waals surface area contributed by atoms with Crippen LogP contribution in [0.4, 0.5) is 4.39 Å². The fraction of sp³-hybridized carbons (Fsp3) is 0.571. The van der Waals surface area contributed by atoms with Crippen LogP contribution in [0.3, 0.4) is 0 Å². The Balaban J connectivity index is 2.01. The Bertz CT molecular complexity index is 369. The number of ether oxygens (including phenoxy) is 1. The molecule has 3 atom stereocenters. The molecule has 3 unspecified atom stereocenters. The molecule has 94 valence electrons. The van der Waals surface area contributed by atoms with E-state index in [4.69, 9.17) is 10.5 Å². The van der Waals surface area contributed by atoms with Crippen LogP contribution >= 0.6 is 0 Å². The molecule has 1 fully saturated rings. The second-order valence-corrected chi connectivity index (χ2v) is 4.86. The lowest BCUT2D eigenvalue weighted by atomic mass is 9.83. The van der Waals surface area contributed by atoms with Gasteiger partial charge in [0.05, 0.1) is 0 Å². The van der Waals surface area contributed by atoms with Crippen LogP contribution in [0, 0.1) is 11.7 Å². The maximum Gasteiger partial charge on any atom is 0.126 e. The summed E-state index contributed by atoms with van der Waals surface area (Å²) in [6.07, 6.45) is 4.35. The summed E-state index contributed by atoms with van der Waals surface area (Å²) in [5.74, 6) is 1.01. The van der Waals surface area contributed by atoms with Gasteiger partial charge < -0.3 is 10.5 Å². The summed E-state index contributed by atoms with van der Waals surface area (Å²) in [5.41, 5.74) is 6.06. The van der Waals surface area contributed by atoms with E-state index in [1.807, 2.05) is 0 Å². The van der Waals surface area contributed by atoms with E-state index in [2.05, 4.69) is 6.92 Å². The van der Waals surface area contributed by atoms with Crippen molar-refractivity contribution < 1.29 is 9.13 Å². The van der Waals surface area contributed by atoms with Gasteiger partial charge in [-0.2, -0.15) is 0 Å².